The van der Waals surface area contributed by atoms with Crippen LogP contribution in [0.3, 0.4) is 0 Å². The summed E-state index contributed by atoms with van der Waals surface area (Å²) in [5.41, 5.74) is 2.18. The third-order valence-electron chi connectivity index (χ3n) is 2.46. The maximum absolute atomic E-state index is 11.6. The summed E-state index contributed by atoms with van der Waals surface area (Å²) in [5.74, 6) is 4.80. The van der Waals surface area contributed by atoms with Crippen LogP contribution in [0.1, 0.15) is 19.4 Å². The molecule has 0 aliphatic heterocycles. The van der Waals surface area contributed by atoms with Crippen LogP contribution in [0.5, 0.6) is 0 Å². The first-order valence-corrected chi connectivity index (χ1v) is 5.05. The lowest BCUT2D eigenvalue weighted by Gasteiger charge is -2.23. The Balaban J connectivity index is 2.97. The number of aromatic nitrogens is 1. The van der Waals surface area contributed by atoms with Crippen molar-refractivity contribution < 1.29 is 4.79 Å². The standard InChI is InChI=1S/C11H17N3O2/c1-8-4-5-14(9(15)6-8)7-11(2,3)10(16)13-12/h4-6H,7,12H2,1-3H3,(H,13,16). The van der Waals surface area contributed by atoms with Gasteiger partial charge in [0.1, 0.15) is 0 Å². The van der Waals surface area contributed by atoms with E-state index in [1.54, 1.807) is 20.0 Å². The molecule has 0 saturated heterocycles. The highest BCUT2D eigenvalue weighted by Gasteiger charge is 2.27. The van der Waals surface area contributed by atoms with E-state index in [0.717, 1.165) is 5.56 Å². The van der Waals surface area contributed by atoms with Gasteiger partial charge in [0.25, 0.3) is 5.56 Å². The number of pyridine rings is 1. The molecule has 0 radical (unpaired) electrons. The fourth-order valence-corrected chi connectivity index (χ4v) is 1.43. The fourth-order valence-electron chi connectivity index (χ4n) is 1.43. The number of rotatable bonds is 3. The highest BCUT2D eigenvalue weighted by Crippen LogP contribution is 2.16. The Bertz CT molecular complexity index is 449. The van der Waals surface area contributed by atoms with E-state index >= 15 is 0 Å². The summed E-state index contributed by atoms with van der Waals surface area (Å²) >= 11 is 0. The van der Waals surface area contributed by atoms with Crippen molar-refractivity contribution in [2.75, 3.05) is 0 Å². The molecule has 16 heavy (non-hydrogen) atoms. The van der Waals surface area contributed by atoms with Gasteiger partial charge in [0.2, 0.25) is 5.91 Å². The minimum atomic E-state index is -0.714. The van der Waals surface area contributed by atoms with Gasteiger partial charge in [-0.3, -0.25) is 15.0 Å². The minimum Gasteiger partial charge on any atom is -0.314 e. The summed E-state index contributed by atoms with van der Waals surface area (Å²) in [6.45, 7) is 5.63. The molecule has 0 bridgehead atoms. The number of carbonyl (C=O) groups excluding carboxylic acids is 1. The Labute approximate surface area is 94.2 Å². The van der Waals surface area contributed by atoms with Gasteiger partial charge in [-0.25, -0.2) is 5.84 Å². The predicted octanol–water partition coefficient (Wildman–Crippen LogP) is 0.173. The summed E-state index contributed by atoms with van der Waals surface area (Å²) in [5, 5.41) is 0. The second-order valence-electron chi connectivity index (χ2n) is 4.53. The molecule has 0 aliphatic rings. The van der Waals surface area contributed by atoms with Crippen molar-refractivity contribution in [3.05, 3.63) is 34.2 Å². The molecule has 0 saturated carbocycles. The lowest BCUT2D eigenvalue weighted by Crippen LogP contribution is -2.44. The van der Waals surface area contributed by atoms with Gasteiger partial charge in [-0.05, 0) is 32.4 Å². The number of nitrogens with zero attached hydrogens (tertiary/aromatic N) is 1. The third kappa shape index (κ3) is 2.70. The Kier molecular flexibility index (Phi) is 3.49. The summed E-state index contributed by atoms with van der Waals surface area (Å²) in [4.78, 5) is 23.1. The molecule has 1 amide bonds. The summed E-state index contributed by atoms with van der Waals surface area (Å²) in [6.07, 6.45) is 1.68. The molecule has 1 heterocycles. The van der Waals surface area contributed by atoms with Gasteiger partial charge < -0.3 is 4.57 Å². The van der Waals surface area contributed by atoms with Crippen LogP contribution >= 0.6 is 0 Å². The van der Waals surface area contributed by atoms with Gasteiger partial charge in [0, 0.05) is 18.8 Å². The average molecular weight is 223 g/mol. The van der Waals surface area contributed by atoms with Gasteiger partial charge in [-0.1, -0.05) is 0 Å². The van der Waals surface area contributed by atoms with Crippen molar-refractivity contribution in [2.24, 2.45) is 11.3 Å². The molecule has 5 heteroatoms. The fraction of sp³-hybridized carbons (Fsp3) is 0.455. The van der Waals surface area contributed by atoms with Gasteiger partial charge >= 0.3 is 0 Å². The molecule has 1 aromatic heterocycles. The maximum Gasteiger partial charge on any atom is 0.250 e. The van der Waals surface area contributed by atoms with Gasteiger partial charge in [-0.15, -0.1) is 0 Å². The highest BCUT2D eigenvalue weighted by molar-refractivity contribution is 5.81. The zero-order valence-corrected chi connectivity index (χ0v) is 9.78. The first-order chi connectivity index (χ1) is 7.36. The van der Waals surface area contributed by atoms with E-state index in [2.05, 4.69) is 5.43 Å². The van der Waals surface area contributed by atoms with Gasteiger partial charge in [0.15, 0.2) is 0 Å². The number of hydrazine groups is 1. The van der Waals surface area contributed by atoms with Crippen LogP contribution in [0.2, 0.25) is 0 Å². The zero-order chi connectivity index (χ0) is 12.3. The van der Waals surface area contributed by atoms with E-state index < -0.39 is 5.41 Å². The lowest BCUT2D eigenvalue weighted by atomic mass is 9.92. The Morgan fingerprint density at radius 2 is 2.19 bits per heavy atom. The molecule has 88 valence electrons. The first-order valence-electron chi connectivity index (χ1n) is 5.05. The zero-order valence-electron chi connectivity index (χ0n) is 9.78. The molecular formula is C11H17N3O2. The van der Waals surface area contributed by atoms with E-state index in [1.807, 2.05) is 13.0 Å². The Morgan fingerprint density at radius 1 is 1.56 bits per heavy atom. The quantitative estimate of drug-likeness (QED) is 0.436. The lowest BCUT2D eigenvalue weighted by molar-refractivity contribution is -0.130. The van der Waals surface area contributed by atoms with Crippen molar-refractivity contribution in [1.82, 2.24) is 9.99 Å². The summed E-state index contributed by atoms with van der Waals surface area (Å²) in [7, 11) is 0. The third-order valence-corrected chi connectivity index (χ3v) is 2.46. The van der Waals surface area contributed by atoms with E-state index in [1.165, 1.54) is 10.6 Å². The van der Waals surface area contributed by atoms with Crippen LogP contribution in [0.4, 0.5) is 0 Å². The number of nitrogens with one attached hydrogen (secondary N) is 1. The molecule has 0 aliphatic carbocycles. The van der Waals surface area contributed by atoms with Crippen LogP contribution in [0.25, 0.3) is 0 Å². The van der Waals surface area contributed by atoms with Crippen molar-refractivity contribution in [1.29, 1.82) is 0 Å². The minimum absolute atomic E-state index is 0.113. The highest BCUT2D eigenvalue weighted by atomic mass is 16.2. The van der Waals surface area contributed by atoms with E-state index in [4.69, 9.17) is 5.84 Å². The largest absolute Gasteiger partial charge is 0.314 e. The molecule has 3 N–H and O–H groups in total. The SMILES string of the molecule is Cc1ccn(CC(C)(C)C(=O)NN)c(=O)c1. The van der Waals surface area contributed by atoms with Crippen LogP contribution < -0.4 is 16.8 Å². The second kappa shape index (κ2) is 4.49. The topological polar surface area (TPSA) is 77.1 Å². The molecule has 0 atom stereocenters. The Morgan fingerprint density at radius 3 is 2.69 bits per heavy atom. The van der Waals surface area contributed by atoms with Gasteiger partial charge in [-0.2, -0.15) is 0 Å². The van der Waals surface area contributed by atoms with Crippen molar-refractivity contribution in [3.8, 4) is 0 Å². The number of nitrogens with two attached hydrogens (primary N) is 1. The molecule has 0 aromatic carbocycles. The number of hydrogen-bond acceptors (Lipinski definition) is 3. The number of amides is 1. The second-order valence-corrected chi connectivity index (χ2v) is 4.53. The molecule has 0 fully saturated rings. The summed E-state index contributed by atoms with van der Waals surface area (Å²) in [6, 6.07) is 3.37. The Hall–Kier alpha value is -1.62. The summed E-state index contributed by atoms with van der Waals surface area (Å²) < 4.78 is 1.50. The predicted molar refractivity (Wildman–Crippen MR) is 61.6 cm³/mol. The van der Waals surface area contributed by atoms with E-state index in [9.17, 15) is 9.59 Å². The molecule has 1 rings (SSSR count). The van der Waals surface area contributed by atoms with Crippen molar-refractivity contribution in [3.63, 3.8) is 0 Å². The van der Waals surface area contributed by atoms with E-state index in [0.29, 0.717) is 6.54 Å². The van der Waals surface area contributed by atoms with Crippen LogP contribution in [-0.2, 0) is 11.3 Å². The molecule has 5 nitrogen and oxygen atoms in total. The molecule has 0 spiro atoms. The van der Waals surface area contributed by atoms with Crippen molar-refractivity contribution >= 4 is 5.91 Å². The first kappa shape index (κ1) is 12.4. The average Bonchev–Trinajstić information content (AvgIpc) is 2.21. The number of hydrogen-bond donors (Lipinski definition) is 2. The van der Waals surface area contributed by atoms with Crippen LogP contribution in [0.15, 0.2) is 23.1 Å². The van der Waals surface area contributed by atoms with Crippen LogP contribution in [-0.4, -0.2) is 10.5 Å². The van der Waals surface area contributed by atoms with Crippen LogP contribution in [0, 0.1) is 12.3 Å². The van der Waals surface area contributed by atoms with E-state index in [-0.39, 0.29) is 11.5 Å². The maximum atomic E-state index is 11.6. The molecular weight excluding hydrogens is 206 g/mol. The monoisotopic (exact) mass is 223 g/mol. The number of carbonyl (C=O) groups is 1. The smallest absolute Gasteiger partial charge is 0.250 e. The molecule has 1 aromatic rings. The van der Waals surface area contributed by atoms with Gasteiger partial charge in [0.05, 0.1) is 5.41 Å². The number of aryl methyl sites for hydroxylation is 1. The molecule has 0 unspecified atom stereocenters. The normalized spacial score (nSPS) is 11.2. The van der Waals surface area contributed by atoms with Crippen molar-refractivity contribution in [2.45, 2.75) is 27.3 Å².